The lowest BCUT2D eigenvalue weighted by atomic mass is 9.98. The predicted octanol–water partition coefficient (Wildman–Crippen LogP) is 4.99. The van der Waals surface area contributed by atoms with E-state index in [9.17, 15) is 4.79 Å². The summed E-state index contributed by atoms with van der Waals surface area (Å²) in [6.45, 7) is 5.09. The quantitative estimate of drug-likeness (QED) is 0.571. The second kappa shape index (κ2) is 10.1. The molecule has 0 radical (unpaired) electrons. The van der Waals surface area contributed by atoms with Gasteiger partial charge in [0.05, 0.1) is 0 Å². The highest BCUT2D eigenvalue weighted by Crippen LogP contribution is 2.44. The minimum absolute atomic E-state index is 0.0764. The number of fused-ring (bicyclic) bond motifs is 3. The molecule has 0 unspecified atom stereocenters. The van der Waals surface area contributed by atoms with Gasteiger partial charge in [-0.15, -0.1) is 0 Å². The minimum atomic E-state index is -0.392. The van der Waals surface area contributed by atoms with Crippen LogP contribution in [0.3, 0.4) is 0 Å². The maximum atomic E-state index is 12.3. The first-order valence-corrected chi connectivity index (χ1v) is 12.0. The number of ether oxygens (including phenoxy) is 1. The van der Waals surface area contributed by atoms with Crippen molar-refractivity contribution < 1.29 is 9.53 Å². The number of hydrogen-bond donors (Lipinski definition) is 1. The number of benzene rings is 3. The van der Waals surface area contributed by atoms with Gasteiger partial charge in [0.2, 0.25) is 0 Å². The largest absolute Gasteiger partial charge is 0.449 e. The standard InChI is InChI=1S/C29H31N3O2/c1-31-17-19-32(20-18-31)23-14-12-22(13-15-23)7-6-16-30-29(33)34-21-28-26-10-4-2-8-24(26)25-9-3-5-11-27(25)28/h2-15,28H,16-21H2,1H3,(H,30,33). The Hall–Kier alpha value is -3.57. The van der Waals surface area contributed by atoms with Crippen LogP contribution < -0.4 is 10.2 Å². The van der Waals surface area contributed by atoms with Crippen LogP contribution in [0, 0.1) is 0 Å². The lowest BCUT2D eigenvalue weighted by Gasteiger charge is -2.34. The molecule has 5 rings (SSSR count). The number of piperazine rings is 1. The van der Waals surface area contributed by atoms with Crippen LogP contribution in [0.25, 0.3) is 17.2 Å². The molecule has 1 heterocycles. The van der Waals surface area contributed by atoms with Crippen molar-refractivity contribution in [1.29, 1.82) is 0 Å². The van der Waals surface area contributed by atoms with Crippen molar-refractivity contribution >= 4 is 17.9 Å². The van der Waals surface area contributed by atoms with Crippen LogP contribution >= 0.6 is 0 Å². The maximum Gasteiger partial charge on any atom is 0.407 e. The van der Waals surface area contributed by atoms with Crippen molar-refractivity contribution in [2.75, 3.05) is 51.3 Å². The minimum Gasteiger partial charge on any atom is -0.449 e. The van der Waals surface area contributed by atoms with Crippen LogP contribution in [0.4, 0.5) is 10.5 Å². The smallest absolute Gasteiger partial charge is 0.407 e. The summed E-state index contributed by atoms with van der Waals surface area (Å²) in [6, 6.07) is 25.3. The number of anilines is 1. The van der Waals surface area contributed by atoms with Crippen LogP contribution in [-0.2, 0) is 4.74 Å². The summed E-state index contributed by atoms with van der Waals surface area (Å²) in [6.07, 6.45) is 3.58. The molecule has 3 aromatic carbocycles. The van der Waals surface area contributed by atoms with E-state index in [0.29, 0.717) is 13.2 Å². The van der Waals surface area contributed by atoms with E-state index in [0.717, 1.165) is 31.7 Å². The molecule has 1 amide bonds. The van der Waals surface area contributed by atoms with E-state index in [1.807, 2.05) is 24.3 Å². The molecule has 174 valence electrons. The molecule has 1 fully saturated rings. The van der Waals surface area contributed by atoms with Gasteiger partial charge in [0.15, 0.2) is 0 Å². The molecule has 0 saturated carbocycles. The molecular formula is C29H31N3O2. The molecule has 34 heavy (non-hydrogen) atoms. The van der Waals surface area contributed by atoms with Crippen LogP contribution in [0.2, 0.25) is 0 Å². The Morgan fingerprint density at radius 1 is 0.912 bits per heavy atom. The third-order valence-electron chi connectivity index (χ3n) is 6.78. The van der Waals surface area contributed by atoms with Gasteiger partial charge in [-0.3, -0.25) is 0 Å². The second-order valence-electron chi connectivity index (χ2n) is 8.99. The normalized spacial score (nSPS) is 15.9. The average molecular weight is 454 g/mol. The van der Waals surface area contributed by atoms with Crippen molar-refractivity contribution in [3.8, 4) is 11.1 Å². The van der Waals surface area contributed by atoms with Crippen LogP contribution in [-0.4, -0.2) is 57.4 Å². The number of carbonyl (C=O) groups excluding carboxylic acids is 1. The molecular weight excluding hydrogens is 422 g/mol. The molecule has 2 aliphatic rings. The Balaban J connectivity index is 1.10. The maximum absolute atomic E-state index is 12.3. The fraction of sp³-hybridized carbons (Fsp3) is 0.276. The average Bonchev–Trinajstić information content (AvgIpc) is 3.20. The highest BCUT2D eigenvalue weighted by atomic mass is 16.5. The van der Waals surface area contributed by atoms with Gasteiger partial charge in [-0.2, -0.15) is 0 Å². The number of alkyl carbamates (subject to hydrolysis) is 1. The molecule has 1 aliphatic heterocycles. The van der Waals surface area contributed by atoms with Crippen molar-refractivity contribution in [3.05, 3.63) is 95.6 Å². The molecule has 1 aliphatic carbocycles. The fourth-order valence-corrected chi connectivity index (χ4v) is 4.85. The molecule has 5 nitrogen and oxygen atoms in total. The van der Waals surface area contributed by atoms with Gasteiger partial charge in [-0.05, 0) is 47.0 Å². The topological polar surface area (TPSA) is 44.8 Å². The Morgan fingerprint density at radius 3 is 2.18 bits per heavy atom. The van der Waals surface area contributed by atoms with Crippen molar-refractivity contribution in [2.24, 2.45) is 0 Å². The number of nitrogens with zero attached hydrogens (tertiary/aromatic N) is 2. The molecule has 5 heteroatoms. The van der Waals surface area contributed by atoms with Gasteiger partial charge in [-0.25, -0.2) is 4.79 Å². The van der Waals surface area contributed by atoms with Crippen LogP contribution in [0.15, 0.2) is 78.9 Å². The van der Waals surface area contributed by atoms with Crippen molar-refractivity contribution in [2.45, 2.75) is 5.92 Å². The fourth-order valence-electron chi connectivity index (χ4n) is 4.85. The molecule has 1 N–H and O–H groups in total. The Bertz CT molecular complexity index is 1120. The van der Waals surface area contributed by atoms with E-state index >= 15 is 0 Å². The second-order valence-corrected chi connectivity index (χ2v) is 8.99. The lowest BCUT2D eigenvalue weighted by Crippen LogP contribution is -2.44. The van der Waals surface area contributed by atoms with Crippen molar-refractivity contribution in [1.82, 2.24) is 10.2 Å². The molecule has 0 spiro atoms. The highest BCUT2D eigenvalue weighted by molar-refractivity contribution is 5.79. The Morgan fingerprint density at radius 2 is 1.53 bits per heavy atom. The van der Waals surface area contributed by atoms with Gasteiger partial charge in [-0.1, -0.05) is 72.8 Å². The highest BCUT2D eigenvalue weighted by Gasteiger charge is 2.28. The SMILES string of the molecule is CN1CCN(c2ccc(C=CCNC(=O)OCC3c4ccccc4-c4ccccc43)cc2)CC1. The van der Waals surface area contributed by atoms with E-state index in [1.54, 1.807) is 0 Å². The first-order chi connectivity index (χ1) is 16.7. The zero-order valence-electron chi connectivity index (χ0n) is 19.6. The first-order valence-electron chi connectivity index (χ1n) is 12.0. The van der Waals surface area contributed by atoms with E-state index in [4.69, 9.17) is 4.74 Å². The van der Waals surface area contributed by atoms with Crippen LogP contribution in [0.5, 0.6) is 0 Å². The van der Waals surface area contributed by atoms with E-state index in [1.165, 1.54) is 27.9 Å². The van der Waals surface area contributed by atoms with Gasteiger partial charge < -0.3 is 19.9 Å². The molecule has 0 aromatic heterocycles. The van der Waals surface area contributed by atoms with Gasteiger partial charge in [0, 0.05) is 44.3 Å². The summed E-state index contributed by atoms with van der Waals surface area (Å²) < 4.78 is 5.59. The third-order valence-corrected chi connectivity index (χ3v) is 6.78. The predicted molar refractivity (Wildman–Crippen MR) is 138 cm³/mol. The van der Waals surface area contributed by atoms with E-state index < -0.39 is 6.09 Å². The summed E-state index contributed by atoms with van der Waals surface area (Å²) >= 11 is 0. The summed E-state index contributed by atoms with van der Waals surface area (Å²) in [4.78, 5) is 17.1. The molecule has 0 atom stereocenters. The monoisotopic (exact) mass is 453 g/mol. The van der Waals surface area contributed by atoms with Gasteiger partial charge >= 0.3 is 6.09 Å². The number of amides is 1. The summed E-state index contributed by atoms with van der Waals surface area (Å²) in [7, 11) is 2.17. The van der Waals surface area contributed by atoms with E-state index in [2.05, 4.69) is 82.8 Å². The van der Waals surface area contributed by atoms with E-state index in [-0.39, 0.29) is 5.92 Å². The molecule has 1 saturated heterocycles. The summed E-state index contributed by atoms with van der Waals surface area (Å²) in [5.74, 6) is 0.0764. The number of carbonyl (C=O) groups is 1. The summed E-state index contributed by atoms with van der Waals surface area (Å²) in [5.41, 5.74) is 7.28. The Kier molecular flexibility index (Phi) is 6.63. The van der Waals surface area contributed by atoms with Crippen LogP contribution in [0.1, 0.15) is 22.6 Å². The van der Waals surface area contributed by atoms with Gasteiger partial charge in [0.1, 0.15) is 6.61 Å². The van der Waals surface area contributed by atoms with Crippen molar-refractivity contribution in [3.63, 3.8) is 0 Å². The first kappa shape index (κ1) is 22.2. The number of rotatable bonds is 6. The number of likely N-dealkylation sites (N-methyl/N-ethyl adjacent to an activating group) is 1. The number of nitrogens with one attached hydrogen (secondary N) is 1. The lowest BCUT2D eigenvalue weighted by molar-refractivity contribution is 0.144. The summed E-state index contributed by atoms with van der Waals surface area (Å²) in [5, 5.41) is 2.83. The third kappa shape index (κ3) is 4.85. The Labute approximate surface area is 201 Å². The molecule has 3 aromatic rings. The van der Waals surface area contributed by atoms with Gasteiger partial charge in [0.25, 0.3) is 0 Å². The zero-order valence-corrected chi connectivity index (χ0v) is 19.6. The zero-order chi connectivity index (χ0) is 23.3. The number of hydrogen-bond acceptors (Lipinski definition) is 4. The molecule has 0 bridgehead atoms.